The molecule has 0 amide bonds. The van der Waals surface area contributed by atoms with E-state index in [2.05, 4.69) is 60.1 Å². The Kier molecular flexibility index (Phi) is 4.93. The highest BCUT2D eigenvalue weighted by Gasteiger charge is 2.39. The summed E-state index contributed by atoms with van der Waals surface area (Å²) < 4.78 is 0. The Hall–Kier alpha value is -2.73. The first-order valence-corrected chi connectivity index (χ1v) is 10.5. The van der Waals surface area contributed by atoms with Crippen LogP contribution in [0.4, 0.5) is 5.82 Å². The number of benzene rings is 1. The number of phenolic OH excluding ortho intramolecular Hbond substituents is 1. The number of rotatable bonds is 3. The van der Waals surface area contributed by atoms with E-state index < -0.39 is 0 Å². The quantitative estimate of drug-likeness (QED) is 0.671. The number of fused-ring (bicyclic) bond motifs is 1. The number of aryl methyl sites for hydroxylation is 1. The zero-order valence-electron chi connectivity index (χ0n) is 18.7. The third-order valence-corrected chi connectivity index (χ3v) is 5.95. The second-order valence-electron chi connectivity index (χ2n) is 9.86. The first-order chi connectivity index (χ1) is 14.0. The average molecular weight is 406 g/mol. The summed E-state index contributed by atoms with van der Waals surface area (Å²) in [7, 11) is 2.09. The summed E-state index contributed by atoms with van der Waals surface area (Å²) in [6.07, 6.45) is 2.07. The monoisotopic (exact) mass is 405 g/mol. The van der Waals surface area contributed by atoms with Gasteiger partial charge < -0.3 is 15.3 Å². The molecule has 30 heavy (non-hydrogen) atoms. The molecule has 1 saturated heterocycles. The molecule has 1 fully saturated rings. The fourth-order valence-electron chi connectivity index (χ4n) is 4.85. The fraction of sp³-hybridized carbons (Fsp3) is 0.458. The molecule has 2 N–H and O–H groups in total. The molecule has 6 heteroatoms. The van der Waals surface area contributed by atoms with Crippen LogP contribution in [0.25, 0.3) is 22.2 Å². The number of phenols is 1. The van der Waals surface area contributed by atoms with Crippen molar-refractivity contribution < 1.29 is 5.11 Å². The highest BCUT2D eigenvalue weighted by molar-refractivity contribution is 5.87. The predicted molar refractivity (Wildman–Crippen MR) is 122 cm³/mol. The van der Waals surface area contributed by atoms with Crippen LogP contribution in [0.3, 0.4) is 0 Å². The summed E-state index contributed by atoms with van der Waals surface area (Å²) in [6.45, 7) is 10.9. The van der Waals surface area contributed by atoms with Crippen molar-refractivity contribution in [2.45, 2.75) is 64.6 Å². The van der Waals surface area contributed by atoms with Gasteiger partial charge in [0.15, 0.2) is 5.82 Å². The minimum atomic E-state index is 0.0668. The van der Waals surface area contributed by atoms with Gasteiger partial charge in [-0.2, -0.15) is 0 Å². The van der Waals surface area contributed by atoms with Gasteiger partial charge in [0.1, 0.15) is 5.75 Å². The molecular weight excluding hydrogens is 374 g/mol. The number of hydrogen-bond donors (Lipinski definition) is 2. The molecule has 1 aliphatic heterocycles. The lowest BCUT2D eigenvalue weighted by Crippen LogP contribution is -2.62. The van der Waals surface area contributed by atoms with Crippen LogP contribution < -0.4 is 10.2 Å². The van der Waals surface area contributed by atoms with Crippen LogP contribution in [0.15, 0.2) is 36.4 Å². The summed E-state index contributed by atoms with van der Waals surface area (Å²) in [4.78, 5) is 6.71. The van der Waals surface area contributed by atoms with Crippen molar-refractivity contribution >= 4 is 16.7 Å². The van der Waals surface area contributed by atoms with E-state index in [0.29, 0.717) is 17.3 Å². The molecule has 0 atom stereocenters. The Morgan fingerprint density at radius 3 is 2.33 bits per heavy atom. The zero-order valence-corrected chi connectivity index (χ0v) is 18.7. The lowest BCUT2D eigenvalue weighted by Gasteiger charge is -2.49. The third kappa shape index (κ3) is 4.10. The summed E-state index contributed by atoms with van der Waals surface area (Å²) in [6, 6.07) is 11.9. The van der Waals surface area contributed by atoms with Crippen molar-refractivity contribution in [1.82, 2.24) is 20.5 Å². The van der Waals surface area contributed by atoms with Crippen LogP contribution in [0, 0.1) is 6.92 Å². The number of anilines is 1. The third-order valence-electron chi connectivity index (χ3n) is 5.95. The number of aromatic nitrogens is 3. The molecule has 3 aromatic rings. The molecule has 1 aromatic carbocycles. The Labute approximate surface area is 178 Å². The maximum atomic E-state index is 10.5. The smallest absolute Gasteiger partial charge is 0.151 e. The second kappa shape index (κ2) is 7.20. The van der Waals surface area contributed by atoms with Crippen molar-refractivity contribution in [1.29, 1.82) is 0 Å². The molecule has 158 valence electrons. The number of nitrogens with one attached hydrogen (secondary N) is 1. The van der Waals surface area contributed by atoms with Crippen LogP contribution in [-0.2, 0) is 0 Å². The van der Waals surface area contributed by atoms with E-state index in [1.165, 1.54) is 0 Å². The first-order valence-electron chi connectivity index (χ1n) is 10.5. The molecule has 4 rings (SSSR count). The average Bonchev–Trinajstić information content (AvgIpc) is 2.64. The summed E-state index contributed by atoms with van der Waals surface area (Å²) >= 11 is 0. The van der Waals surface area contributed by atoms with E-state index in [0.717, 1.165) is 35.3 Å². The van der Waals surface area contributed by atoms with Gasteiger partial charge in [-0.1, -0.05) is 6.07 Å². The molecule has 1 aliphatic rings. The summed E-state index contributed by atoms with van der Waals surface area (Å²) in [5, 5.41) is 24.1. The predicted octanol–water partition coefficient (Wildman–Crippen LogP) is 4.45. The Balaban J connectivity index is 1.61. The van der Waals surface area contributed by atoms with E-state index >= 15 is 0 Å². The van der Waals surface area contributed by atoms with Crippen molar-refractivity contribution in [2.24, 2.45) is 0 Å². The van der Waals surface area contributed by atoms with Crippen LogP contribution in [0.1, 0.15) is 46.2 Å². The number of pyridine rings is 1. The van der Waals surface area contributed by atoms with Crippen LogP contribution in [-0.4, -0.2) is 44.5 Å². The number of nitrogens with zero attached hydrogens (tertiary/aromatic N) is 4. The molecule has 0 aliphatic carbocycles. The SMILES string of the molecule is Cc1ccc2cc(-c3ccc(N(C)C4CC(C)(C)NC(C)(C)C4)nn3)c(O)cc2n1. The number of hydrogen-bond acceptors (Lipinski definition) is 6. The molecule has 3 heterocycles. The second-order valence-corrected chi connectivity index (χ2v) is 9.86. The van der Waals surface area contributed by atoms with Crippen molar-refractivity contribution in [3.63, 3.8) is 0 Å². The van der Waals surface area contributed by atoms with Gasteiger partial charge in [0, 0.05) is 46.9 Å². The lowest BCUT2D eigenvalue weighted by molar-refractivity contribution is 0.160. The van der Waals surface area contributed by atoms with Gasteiger partial charge in [0.05, 0.1) is 11.2 Å². The van der Waals surface area contributed by atoms with E-state index in [-0.39, 0.29) is 16.8 Å². The highest BCUT2D eigenvalue weighted by Crippen LogP contribution is 2.34. The molecular formula is C24H31N5O. The Morgan fingerprint density at radius 1 is 1.00 bits per heavy atom. The maximum Gasteiger partial charge on any atom is 0.151 e. The zero-order chi connectivity index (χ0) is 21.7. The highest BCUT2D eigenvalue weighted by atomic mass is 16.3. The fourth-order valence-corrected chi connectivity index (χ4v) is 4.85. The van der Waals surface area contributed by atoms with Gasteiger partial charge in [0.2, 0.25) is 0 Å². The largest absolute Gasteiger partial charge is 0.507 e. The number of piperidine rings is 1. The molecule has 0 bridgehead atoms. The molecule has 2 aromatic heterocycles. The Bertz CT molecular complexity index is 1060. The standard InChI is InChI=1S/C24H31N5O/c1-15-7-8-16-11-18(21(30)12-20(16)25-15)19-9-10-22(27-26-19)29(6)17-13-23(2,3)28-24(4,5)14-17/h7-12,17,28,30H,13-14H2,1-6H3. The minimum absolute atomic E-state index is 0.0668. The van der Waals surface area contributed by atoms with E-state index in [1.807, 2.05) is 37.3 Å². The van der Waals surface area contributed by atoms with Gasteiger partial charge in [-0.3, -0.25) is 4.98 Å². The molecule has 0 unspecified atom stereocenters. The van der Waals surface area contributed by atoms with Crippen molar-refractivity contribution in [3.05, 3.63) is 42.1 Å². The van der Waals surface area contributed by atoms with E-state index in [4.69, 9.17) is 0 Å². The van der Waals surface area contributed by atoms with Crippen LogP contribution >= 0.6 is 0 Å². The minimum Gasteiger partial charge on any atom is -0.507 e. The van der Waals surface area contributed by atoms with E-state index in [1.54, 1.807) is 6.07 Å². The van der Waals surface area contributed by atoms with Crippen molar-refractivity contribution in [3.8, 4) is 17.0 Å². The Morgan fingerprint density at radius 2 is 1.70 bits per heavy atom. The molecule has 0 radical (unpaired) electrons. The normalized spacial score (nSPS) is 18.5. The van der Waals surface area contributed by atoms with Gasteiger partial charge in [-0.05, 0) is 71.7 Å². The van der Waals surface area contributed by atoms with Gasteiger partial charge >= 0.3 is 0 Å². The van der Waals surface area contributed by atoms with Crippen LogP contribution in [0.5, 0.6) is 5.75 Å². The number of aromatic hydroxyl groups is 1. The molecule has 6 nitrogen and oxygen atoms in total. The molecule has 0 spiro atoms. The first kappa shape index (κ1) is 20.5. The van der Waals surface area contributed by atoms with Crippen LogP contribution in [0.2, 0.25) is 0 Å². The van der Waals surface area contributed by atoms with Gasteiger partial charge in [-0.25, -0.2) is 0 Å². The topological polar surface area (TPSA) is 74.2 Å². The van der Waals surface area contributed by atoms with E-state index in [9.17, 15) is 5.11 Å². The summed E-state index contributed by atoms with van der Waals surface area (Å²) in [5.41, 5.74) is 3.15. The lowest BCUT2D eigenvalue weighted by atomic mass is 9.79. The molecule has 0 saturated carbocycles. The van der Waals surface area contributed by atoms with Gasteiger partial charge in [-0.15, -0.1) is 10.2 Å². The maximum absolute atomic E-state index is 10.5. The van der Waals surface area contributed by atoms with Crippen molar-refractivity contribution in [2.75, 3.05) is 11.9 Å². The summed E-state index contributed by atoms with van der Waals surface area (Å²) in [5.74, 6) is 1.01. The van der Waals surface area contributed by atoms with Gasteiger partial charge in [0.25, 0.3) is 0 Å².